The molecule has 0 aromatic rings. The predicted molar refractivity (Wildman–Crippen MR) is 35.6 cm³/mol. The maximum absolute atomic E-state index is 9.94. The highest BCUT2D eigenvalue weighted by atomic mass is 79.9. The van der Waals surface area contributed by atoms with Crippen molar-refractivity contribution in [1.82, 2.24) is 0 Å². The second-order valence-corrected chi connectivity index (χ2v) is 3.56. The summed E-state index contributed by atoms with van der Waals surface area (Å²) in [5, 5.41) is 0. The van der Waals surface area contributed by atoms with E-state index in [1.165, 1.54) is 0 Å². The van der Waals surface area contributed by atoms with E-state index in [9.17, 15) is 4.79 Å². The van der Waals surface area contributed by atoms with Crippen molar-refractivity contribution in [1.29, 1.82) is 0 Å². The quantitative estimate of drug-likeness (QED) is 0.413. The van der Waals surface area contributed by atoms with Crippen LogP contribution in [0.3, 0.4) is 0 Å². The summed E-state index contributed by atoms with van der Waals surface area (Å²) in [6.45, 7) is 0. The van der Waals surface area contributed by atoms with Gasteiger partial charge < -0.3 is 0 Å². The highest BCUT2D eigenvalue weighted by Gasteiger charge is 2.01. The van der Waals surface area contributed by atoms with Gasteiger partial charge in [-0.1, -0.05) is 15.9 Å². The lowest BCUT2D eigenvalue weighted by Crippen LogP contribution is -1.93. The summed E-state index contributed by atoms with van der Waals surface area (Å²) in [5.74, 6) is 0. The van der Waals surface area contributed by atoms with Crippen LogP contribution in [0.15, 0.2) is 0 Å². The van der Waals surface area contributed by atoms with Crippen molar-refractivity contribution in [2.24, 2.45) is 0 Å². The van der Waals surface area contributed by atoms with Gasteiger partial charge in [0.2, 0.25) is 4.69 Å². The van der Waals surface area contributed by atoms with Crippen LogP contribution < -0.4 is 0 Å². The second kappa shape index (κ2) is 3.04. The summed E-state index contributed by atoms with van der Waals surface area (Å²) in [4.78, 5) is 9.94. The van der Waals surface area contributed by atoms with E-state index in [2.05, 4.69) is 44.5 Å². The lowest BCUT2D eigenvalue weighted by Gasteiger charge is -1.85. The molecular formula is C2H2Br2OS. The van der Waals surface area contributed by atoms with Gasteiger partial charge in [-0.25, -0.2) is 0 Å². The second-order valence-electron chi connectivity index (χ2n) is 0.640. The normalized spacial score (nSPS) is 13.8. The third-order valence-electron chi connectivity index (χ3n) is 0.187. The highest BCUT2D eigenvalue weighted by molar-refractivity contribution is 9.20. The maximum Gasteiger partial charge on any atom is 0.221 e. The number of halogens is 2. The molecular weight excluding hydrogens is 232 g/mol. The summed E-state index contributed by atoms with van der Waals surface area (Å²) >= 11 is 9.30. The fourth-order valence-corrected chi connectivity index (χ4v) is 0. The van der Waals surface area contributed by atoms with E-state index in [4.69, 9.17) is 0 Å². The van der Waals surface area contributed by atoms with E-state index in [1.807, 2.05) is 0 Å². The number of carbonyl (C=O) groups excluding carboxylic acids is 1. The molecule has 0 radical (unpaired) electrons. The first-order valence-corrected chi connectivity index (χ1v) is 3.38. The van der Waals surface area contributed by atoms with Gasteiger partial charge in [0.05, 0.1) is 0 Å². The minimum Gasteiger partial charge on any atom is -0.284 e. The number of thiol groups is 1. The summed E-state index contributed by atoms with van der Waals surface area (Å²) in [6.07, 6.45) is 0. The monoisotopic (exact) mass is 232 g/mol. The minimum atomic E-state index is -0.363. The molecule has 1 atom stereocenters. The Kier molecular flexibility index (Phi) is 3.54. The van der Waals surface area contributed by atoms with Gasteiger partial charge >= 0.3 is 0 Å². The molecule has 0 aromatic heterocycles. The summed E-state index contributed by atoms with van der Waals surface area (Å²) in [6, 6.07) is 0. The van der Waals surface area contributed by atoms with Crippen molar-refractivity contribution in [2.75, 3.05) is 0 Å². The van der Waals surface area contributed by atoms with E-state index < -0.39 is 0 Å². The first kappa shape index (κ1) is 6.98. The fourth-order valence-electron chi connectivity index (χ4n) is 0. The smallest absolute Gasteiger partial charge is 0.221 e. The Morgan fingerprint density at radius 3 is 2.00 bits per heavy atom. The number of carbonyl (C=O) groups is 1. The van der Waals surface area contributed by atoms with Gasteiger partial charge in [-0.3, -0.25) is 4.79 Å². The van der Waals surface area contributed by atoms with Gasteiger partial charge in [-0.15, -0.1) is 0 Å². The SMILES string of the molecule is O=C(Br)C(S)Br. The maximum atomic E-state index is 9.94. The molecule has 0 aliphatic carbocycles. The van der Waals surface area contributed by atoms with Crippen molar-refractivity contribution in [3.8, 4) is 0 Å². The van der Waals surface area contributed by atoms with E-state index in [-0.39, 0.29) is 8.85 Å². The molecule has 0 saturated carbocycles. The number of hydrogen-bond acceptors (Lipinski definition) is 2. The van der Waals surface area contributed by atoms with Crippen LogP contribution in [-0.4, -0.2) is 8.85 Å². The van der Waals surface area contributed by atoms with Crippen molar-refractivity contribution < 1.29 is 4.79 Å². The summed E-state index contributed by atoms with van der Waals surface area (Å²) < 4.78 is -0.511. The molecule has 1 nitrogen and oxygen atoms in total. The molecule has 0 bridgehead atoms. The molecule has 0 aliphatic heterocycles. The van der Waals surface area contributed by atoms with Crippen LogP contribution in [0, 0.1) is 0 Å². The molecule has 0 amide bonds. The molecule has 36 valence electrons. The van der Waals surface area contributed by atoms with Gasteiger partial charge in [0, 0.05) is 0 Å². The third kappa shape index (κ3) is 3.18. The third-order valence-corrected chi connectivity index (χ3v) is 2.26. The average molecular weight is 234 g/mol. The molecule has 0 aromatic carbocycles. The molecule has 0 fully saturated rings. The van der Waals surface area contributed by atoms with Gasteiger partial charge in [-0.2, -0.15) is 12.6 Å². The van der Waals surface area contributed by atoms with Crippen molar-refractivity contribution in [2.45, 2.75) is 4.16 Å². The van der Waals surface area contributed by atoms with Crippen LogP contribution >= 0.6 is 44.5 Å². The largest absolute Gasteiger partial charge is 0.284 e. The Morgan fingerprint density at radius 1 is 1.83 bits per heavy atom. The van der Waals surface area contributed by atoms with Gasteiger partial charge in [0.25, 0.3) is 0 Å². The van der Waals surface area contributed by atoms with E-state index in [0.29, 0.717) is 0 Å². The Morgan fingerprint density at radius 2 is 2.00 bits per heavy atom. The molecule has 0 spiro atoms. The lowest BCUT2D eigenvalue weighted by molar-refractivity contribution is -0.108. The Hall–Kier alpha value is 0.980. The molecule has 0 saturated heterocycles. The number of rotatable bonds is 1. The zero-order valence-corrected chi connectivity index (χ0v) is 6.76. The van der Waals surface area contributed by atoms with E-state index in [0.717, 1.165) is 0 Å². The molecule has 0 N–H and O–H groups in total. The Labute approximate surface area is 58.2 Å². The van der Waals surface area contributed by atoms with Crippen LogP contribution in [0.1, 0.15) is 0 Å². The Bertz CT molecular complexity index is 62.6. The molecule has 6 heavy (non-hydrogen) atoms. The van der Waals surface area contributed by atoms with Crippen molar-refractivity contribution in [3.63, 3.8) is 0 Å². The number of hydrogen-bond donors (Lipinski definition) is 1. The lowest BCUT2D eigenvalue weighted by atomic mass is 10.9. The van der Waals surface area contributed by atoms with E-state index in [1.54, 1.807) is 0 Å². The predicted octanol–water partition coefficient (Wildman–Crippen LogP) is 1.56. The molecule has 1 unspecified atom stereocenters. The van der Waals surface area contributed by atoms with Crippen LogP contribution in [0.5, 0.6) is 0 Å². The molecule has 0 rings (SSSR count). The minimum absolute atomic E-state index is 0.147. The van der Waals surface area contributed by atoms with Crippen LogP contribution in [0.2, 0.25) is 0 Å². The topological polar surface area (TPSA) is 17.1 Å². The van der Waals surface area contributed by atoms with Crippen LogP contribution in [-0.2, 0) is 4.79 Å². The molecule has 4 heteroatoms. The van der Waals surface area contributed by atoms with Crippen molar-refractivity contribution >= 4 is 49.2 Å². The van der Waals surface area contributed by atoms with Gasteiger partial charge in [0.1, 0.15) is 4.16 Å². The standard InChI is InChI=1S/C2H2Br2OS/c3-1(5)2(4)6/h2,6H. The van der Waals surface area contributed by atoms with Crippen LogP contribution in [0.4, 0.5) is 0 Å². The van der Waals surface area contributed by atoms with Crippen LogP contribution in [0.25, 0.3) is 0 Å². The zero-order valence-electron chi connectivity index (χ0n) is 2.69. The fraction of sp³-hybridized carbons (Fsp3) is 0.500. The molecule has 0 heterocycles. The number of alkyl halides is 1. The Balaban J connectivity index is 3.26. The van der Waals surface area contributed by atoms with Crippen molar-refractivity contribution in [3.05, 3.63) is 0 Å². The first-order chi connectivity index (χ1) is 2.64. The van der Waals surface area contributed by atoms with E-state index >= 15 is 0 Å². The zero-order chi connectivity index (χ0) is 5.15. The highest BCUT2D eigenvalue weighted by Crippen LogP contribution is 2.08. The first-order valence-electron chi connectivity index (χ1n) is 1.16. The average Bonchev–Trinajstić information content (AvgIpc) is 1.36. The summed E-state index contributed by atoms with van der Waals surface area (Å²) in [5.41, 5.74) is 0. The molecule has 0 aliphatic rings. The summed E-state index contributed by atoms with van der Waals surface area (Å²) in [7, 11) is 0. The van der Waals surface area contributed by atoms with Gasteiger partial charge in [-0.05, 0) is 15.9 Å². The van der Waals surface area contributed by atoms with Gasteiger partial charge in [0.15, 0.2) is 0 Å².